The van der Waals surface area contributed by atoms with Gasteiger partial charge in [0.25, 0.3) is 0 Å². The summed E-state index contributed by atoms with van der Waals surface area (Å²) in [5, 5.41) is 3.48. The highest BCUT2D eigenvalue weighted by atomic mass is 14.8. The molecule has 1 aliphatic carbocycles. The molecule has 0 heterocycles. The maximum absolute atomic E-state index is 5.55. The van der Waals surface area contributed by atoms with Crippen molar-refractivity contribution in [2.24, 2.45) is 11.7 Å². The summed E-state index contributed by atoms with van der Waals surface area (Å²) in [6, 6.07) is 8.54. The minimum absolute atomic E-state index is 0.634. The van der Waals surface area contributed by atoms with E-state index in [0.717, 1.165) is 19.0 Å². The lowest BCUT2D eigenvalue weighted by Crippen LogP contribution is -2.15. The van der Waals surface area contributed by atoms with E-state index in [4.69, 9.17) is 5.73 Å². The molecule has 1 fully saturated rings. The summed E-state index contributed by atoms with van der Waals surface area (Å²) in [4.78, 5) is 0. The molecule has 1 aromatic carbocycles. The van der Waals surface area contributed by atoms with Crippen molar-refractivity contribution in [1.29, 1.82) is 0 Å². The van der Waals surface area contributed by atoms with Crippen LogP contribution < -0.4 is 11.1 Å². The normalized spacial score (nSPS) is 15.5. The molecule has 3 N–H and O–H groups in total. The van der Waals surface area contributed by atoms with E-state index in [1.54, 1.807) is 0 Å². The minimum Gasteiger partial charge on any atom is -0.326 e. The SMILES string of the molecule is NCc1ccc(CNCCC2CC2)cc1. The predicted octanol–water partition coefficient (Wildman–Crippen LogP) is 2.04. The molecule has 0 amide bonds. The number of hydrogen-bond donors (Lipinski definition) is 2. The van der Waals surface area contributed by atoms with Crippen molar-refractivity contribution in [2.45, 2.75) is 32.4 Å². The van der Waals surface area contributed by atoms with E-state index in [2.05, 4.69) is 29.6 Å². The van der Waals surface area contributed by atoms with Crippen LogP contribution in [0.4, 0.5) is 0 Å². The third-order valence-corrected chi connectivity index (χ3v) is 3.01. The zero-order valence-electron chi connectivity index (χ0n) is 9.21. The lowest BCUT2D eigenvalue weighted by molar-refractivity contribution is 0.613. The second-order valence-electron chi connectivity index (χ2n) is 4.43. The molecular formula is C13H20N2. The van der Waals surface area contributed by atoms with Gasteiger partial charge in [-0.25, -0.2) is 0 Å². The molecule has 0 aromatic heterocycles. The Bertz CT molecular complexity index is 288. The molecule has 0 aliphatic heterocycles. The lowest BCUT2D eigenvalue weighted by Gasteiger charge is -2.05. The summed E-state index contributed by atoms with van der Waals surface area (Å²) in [6.07, 6.45) is 4.25. The molecule has 82 valence electrons. The van der Waals surface area contributed by atoms with E-state index in [1.807, 2.05) is 0 Å². The van der Waals surface area contributed by atoms with Crippen LogP contribution in [0.3, 0.4) is 0 Å². The van der Waals surface area contributed by atoms with Crippen LogP contribution in [0.1, 0.15) is 30.4 Å². The van der Waals surface area contributed by atoms with Crippen molar-refractivity contribution in [2.75, 3.05) is 6.54 Å². The molecule has 0 bridgehead atoms. The Hall–Kier alpha value is -0.860. The first-order valence-electron chi connectivity index (χ1n) is 5.87. The van der Waals surface area contributed by atoms with Crippen LogP contribution in [-0.4, -0.2) is 6.54 Å². The molecule has 1 saturated carbocycles. The van der Waals surface area contributed by atoms with Gasteiger partial charge in [-0.15, -0.1) is 0 Å². The van der Waals surface area contributed by atoms with Crippen LogP contribution in [0.5, 0.6) is 0 Å². The second kappa shape index (κ2) is 5.29. The average Bonchev–Trinajstić information content (AvgIpc) is 3.09. The standard InChI is InChI=1S/C13H20N2/c14-9-12-3-5-13(6-4-12)10-15-8-7-11-1-2-11/h3-6,11,15H,1-2,7-10,14H2. The summed E-state index contributed by atoms with van der Waals surface area (Å²) in [5.41, 5.74) is 8.10. The van der Waals surface area contributed by atoms with Gasteiger partial charge >= 0.3 is 0 Å². The highest BCUT2D eigenvalue weighted by Gasteiger charge is 2.19. The number of hydrogen-bond acceptors (Lipinski definition) is 2. The Balaban J connectivity index is 1.67. The average molecular weight is 204 g/mol. The van der Waals surface area contributed by atoms with Crippen LogP contribution >= 0.6 is 0 Å². The van der Waals surface area contributed by atoms with Gasteiger partial charge < -0.3 is 11.1 Å². The van der Waals surface area contributed by atoms with Gasteiger partial charge in [0.05, 0.1) is 0 Å². The molecule has 0 atom stereocenters. The van der Waals surface area contributed by atoms with Gasteiger partial charge in [-0.3, -0.25) is 0 Å². The largest absolute Gasteiger partial charge is 0.326 e. The molecule has 2 rings (SSSR count). The van der Waals surface area contributed by atoms with Crippen molar-refractivity contribution in [3.63, 3.8) is 0 Å². The number of benzene rings is 1. The minimum atomic E-state index is 0.634. The first kappa shape index (κ1) is 10.7. The topological polar surface area (TPSA) is 38.0 Å². The monoisotopic (exact) mass is 204 g/mol. The highest BCUT2D eigenvalue weighted by Crippen LogP contribution is 2.31. The van der Waals surface area contributed by atoms with Crippen molar-refractivity contribution in [3.05, 3.63) is 35.4 Å². The molecule has 0 spiro atoms. The van der Waals surface area contributed by atoms with E-state index in [-0.39, 0.29) is 0 Å². The van der Waals surface area contributed by atoms with Crippen LogP contribution in [-0.2, 0) is 13.1 Å². The van der Waals surface area contributed by atoms with E-state index < -0.39 is 0 Å². The Morgan fingerprint density at radius 1 is 1.13 bits per heavy atom. The molecule has 0 saturated heterocycles. The summed E-state index contributed by atoms with van der Waals surface area (Å²) < 4.78 is 0. The van der Waals surface area contributed by atoms with Gasteiger partial charge in [-0.1, -0.05) is 37.1 Å². The van der Waals surface area contributed by atoms with Gasteiger partial charge in [0.15, 0.2) is 0 Å². The first-order chi connectivity index (χ1) is 7.38. The quantitative estimate of drug-likeness (QED) is 0.696. The molecule has 1 aliphatic rings. The van der Waals surface area contributed by atoms with Gasteiger partial charge in [0, 0.05) is 13.1 Å². The second-order valence-corrected chi connectivity index (χ2v) is 4.43. The fourth-order valence-electron chi connectivity index (χ4n) is 1.74. The Kier molecular flexibility index (Phi) is 3.75. The van der Waals surface area contributed by atoms with Gasteiger partial charge in [-0.05, 0) is 30.0 Å². The Morgan fingerprint density at radius 3 is 2.40 bits per heavy atom. The van der Waals surface area contributed by atoms with Gasteiger partial charge in [0.2, 0.25) is 0 Å². The van der Waals surface area contributed by atoms with Crippen molar-refractivity contribution in [1.82, 2.24) is 5.32 Å². The summed E-state index contributed by atoms with van der Waals surface area (Å²) in [6.45, 7) is 2.77. The number of nitrogens with two attached hydrogens (primary N) is 1. The van der Waals surface area contributed by atoms with Crippen LogP contribution in [0, 0.1) is 5.92 Å². The first-order valence-corrected chi connectivity index (χ1v) is 5.87. The Morgan fingerprint density at radius 2 is 1.80 bits per heavy atom. The van der Waals surface area contributed by atoms with E-state index in [0.29, 0.717) is 6.54 Å². The van der Waals surface area contributed by atoms with Crippen LogP contribution in [0.25, 0.3) is 0 Å². The van der Waals surface area contributed by atoms with Crippen molar-refractivity contribution in [3.8, 4) is 0 Å². The molecular weight excluding hydrogens is 184 g/mol. The maximum atomic E-state index is 5.55. The third-order valence-electron chi connectivity index (χ3n) is 3.01. The van der Waals surface area contributed by atoms with E-state index >= 15 is 0 Å². The van der Waals surface area contributed by atoms with Crippen molar-refractivity contribution < 1.29 is 0 Å². The highest BCUT2D eigenvalue weighted by molar-refractivity contribution is 5.22. The molecule has 15 heavy (non-hydrogen) atoms. The fraction of sp³-hybridized carbons (Fsp3) is 0.538. The molecule has 0 unspecified atom stereocenters. The maximum Gasteiger partial charge on any atom is 0.0205 e. The number of rotatable bonds is 6. The van der Waals surface area contributed by atoms with Crippen LogP contribution in [0.15, 0.2) is 24.3 Å². The Labute approximate surface area is 91.9 Å². The molecule has 2 heteroatoms. The number of nitrogens with one attached hydrogen (secondary N) is 1. The molecule has 2 nitrogen and oxygen atoms in total. The van der Waals surface area contributed by atoms with Crippen LogP contribution in [0.2, 0.25) is 0 Å². The predicted molar refractivity (Wildman–Crippen MR) is 63.4 cm³/mol. The summed E-state index contributed by atoms with van der Waals surface area (Å²) in [7, 11) is 0. The smallest absolute Gasteiger partial charge is 0.0205 e. The summed E-state index contributed by atoms with van der Waals surface area (Å²) >= 11 is 0. The molecule has 1 aromatic rings. The van der Waals surface area contributed by atoms with Gasteiger partial charge in [0.1, 0.15) is 0 Å². The summed E-state index contributed by atoms with van der Waals surface area (Å²) in [5.74, 6) is 1.03. The lowest BCUT2D eigenvalue weighted by atomic mass is 10.1. The van der Waals surface area contributed by atoms with E-state index in [9.17, 15) is 0 Å². The van der Waals surface area contributed by atoms with Crippen molar-refractivity contribution >= 4 is 0 Å². The third kappa shape index (κ3) is 3.65. The molecule has 0 radical (unpaired) electrons. The van der Waals surface area contributed by atoms with Gasteiger partial charge in [-0.2, -0.15) is 0 Å². The van der Waals surface area contributed by atoms with E-state index in [1.165, 1.54) is 30.4 Å². The fourth-order valence-corrected chi connectivity index (χ4v) is 1.74. The zero-order valence-corrected chi connectivity index (χ0v) is 9.21. The zero-order chi connectivity index (χ0) is 10.5.